The molecule has 0 spiro atoms. The zero-order valence-electron chi connectivity index (χ0n) is 10.3. The molecule has 3 heteroatoms. The number of hydrogen-bond acceptors (Lipinski definition) is 2. The Morgan fingerprint density at radius 2 is 2.24 bits per heavy atom. The first kappa shape index (κ1) is 12.4. The first-order valence-electron chi connectivity index (χ1n) is 6.42. The highest BCUT2D eigenvalue weighted by atomic mass is 19.1. The van der Waals surface area contributed by atoms with Crippen LogP contribution in [0.3, 0.4) is 0 Å². The quantitative estimate of drug-likeness (QED) is 0.872. The standard InChI is InChI=1S/C14H20FNO/c1-2-12-7-3-4-9-16(12)10-11-6-5-8-13(15)14(11)17/h5-6,8,12,17H,2-4,7,9-10H2,1H3. The van der Waals surface area contributed by atoms with Crippen molar-refractivity contribution >= 4 is 0 Å². The first-order chi connectivity index (χ1) is 8.22. The number of para-hydroxylation sites is 1. The Hall–Kier alpha value is -1.09. The summed E-state index contributed by atoms with van der Waals surface area (Å²) < 4.78 is 13.2. The van der Waals surface area contributed by atoms with Gasteiger partial charge in [0.2, 0.25) is 0 Å². The molecule has 1 N–H and O–H groups in total. The molecule has 0 radical (unpaired) electrons. The largest absolute Gasteiger partial charge is 0.505 e. The van der Waals surface area contributed by atoms with Crippen molar-refractivity contribution < 1.29 is 9.50 Å². The molecule has 0 bridgehead atoms. The summed E-state index contributed by atoms with van der Waals surface area (Å²) in [7, 11) is 0. The lowest BCUT2D eigenvalue weighted by atomic mass is 9.99. The molecule has 1 aliphatic rings. The monoisotopic (exact) mass is 237 g/mol. The Kier molecular flexibility index (Phi) is 4.00. The van der Waals surface area contributed by atoms with Crippen LogP contribution in [0, 0.1) is 5.82 Å². The van der Waals surface area contributed by atoms with E-state index in [9.17, 15) is 9.50 Å². The molecule has 0 saturated carbocycles. The highest BCUT2D eigenvalue weighted by molar-refractivity contribution is 5.33. The zero-order valence-corrected chi connectivity index (χ0v) is 10.3. The lowest BCUT2D eigenvalue weighted by molar-refractivity contribution is 0.134. The second-order valence-electron chi connectivity index (χ2n) is 4.78. The number of rotatable bonds is 3. The topological polar surface area (TPSA) is 23.5 Å². The number of nitrogens with zero attached hydrogens (tertiary/aromatic N) is 1. The number of aromatic hydroxyl groups is 1. The van der Waals surface area contributed by atoms with E-state index in [1.807, 2.05) is 0 Å². The van der Waals surface area contributed by atoms with E-state index >= 15 is 0 Å². The minimum absolute atomic E-state index is 0.187. The van der Waals surface area contributed by atoms with Gasteiger partial charge >= 0.3 is 0 Å². The van der Waals surface area contributed by atoms with Crippen LogP contribution in [-0.2, 0) is 6.54 Å². The van der Waals surface area contributed by atoms with E-state index < -0.39 is 5.82 Å². The molecule has 1 fully saturated rings. The average Bonchev–Trinajstić information content (AvgIpc) is 2.35. The molecule has 2 rings (SSSR count). The Balaban J connectivity index is 2.11. The van der Waals surface area contributed by atoms with Gasteiger partial charge in [0.25, 0.3) is 0 Å². The predicted octanol–water partition coefficient (Wildman–Crippen LogP) is 3.30. The summed E-state index contributed by atoms with van der Waals surface area (Å²) in [4.78, 5) is 2.36. The number of benzene rings is 1. The second-order valence-corrected chi connectivity index (χ2v) is 4.78. The lowest BCUT2D eigenvalue weighted by Crippen LogP contribution is -2.38. The third-order valence-corrected chi connectivity index (χ3v) is 3.66. The summed E-state index contributed by atoms with van der Waals surface area (Å²) in [6.07, 6.45) is 4.82. The van der Waals surface area contributed by atoms with Crippen molar-refractivity contribution in [1.82, 2.24) is 4.90 Å². The normalized spacial score (nSPS) is 21.6. The maximum atomic E-state index is 13.2. The third-order valence-electron chi connectivity index (χ3n) is 3.66. The van der Waals surface area contributed by atoms with Gasteiger partial charge < -0.3 is 5.11 Å². The van der Waals surface area contributed by atoms with E-state index in [-0.39, 0.29) is 5.75 Å². The fourth-order valence-electron chi connectivity index (χ4n) is 2.64. The summed E-state index contributed by atoms with van der Waals surface area (Å²) in [5.74, 6) is -0.708. The number of hydrogen-bond donors (Lipinski definition) is 1. The smallest absolute Gasteiger partial charge is 0.165 e. The van der Waals surface area contributed by atoms with E-state index in [0.717, 1.165) is 13.0 Å². The highest BCUT2D eigenvalue weighted by Crippen LogP contribution is 2.26. The fraction of sp³-hybridized carbons (Fsp3) is 0.571. The Bertz CT molecular complexity index is 380. The maximum absolute atomic E-state index is 13.2. The van der Waals surface area contributed by atoms with Crippen LogP contribution in [0.5, 0.6) is 5.75 Å². The fourth-order valence-corrected chi connectivity index (χ4v) is 2.64. The first-order valence-corrected chi connectivity index (χ1v) is 6.42. The third kappa shape index (κ3) is 2.78. The van der Waals surface area contributed by atoms with Crippen molar-refractivity contribution in [2.24, 2.45) is 0 Å². The van der Waals surface area contributed by atoms with Crippen LogP contribution in [0.25, 0.3) is 0 Å². The van der Waals surface area contributed by atoms with E-state index in [1.54, 1.807) is 12.1 Å². The number of likely N-dealkylation sites (tertiary alicyclic amines) is 1. The molecule has 94 valence electrons. The van der Waals surface area contributed by atoms with Gasteiger partial charge in [0.1, 0.15) is 0 Å². The van der Waals surface area contributed by atoms with Crippen molar-refractivity contribution in [3.63, 3.8) is 0 Å². The molecule has 17 heavy (non-hydrogen) atoms. The van der Waals surface area contributed by atoms with Gasteiger partial charge in [0, 0.05) is 18.2 Å². The number of halogens is 1. The van der Waals surface area contributed by atoms with Crippen LogP contribution in [-0.4, -0.2) is 22.6 Å². The molecular weight excluding hydrogens is 217 g/mol. The van der Waals surface area contributed by atoms with Gasteiger partial charge in [-0.1, -0.05) is 25.5 Å². The summed E-state index contributed by atoms with van der Waals surface area (Å²) >= 11 is 0. The molecule has 0 amide bonds. The molecule has 1 aromatic rings. The number of phenols is 1. The van der Waals surface area contributed by atoms with E-state index in [2.05, 4.69) is 11.8 Å². The van der Waals surface area contributed by atoms with Crippen molar-refractivity contribution in [3.05, 3.63) is 29.6 Å². The van der Waals surface area contributed by atoms with E-state index in [1.165, 1.54) is 25.3 Å². The SMILES string of the molecule is CCC1CCCCN1Cc1cccc(F)c1O. The summed E-state index contributed by atoms with van der Waals surface area (Å²) in [5, 5.41) is 9.69. The predicted molar refractivity (Wildman–Crippen MR) is 66.4 cm³/mol. The van der Waals surface area contributed by atoms with Gasteiger partial charge in [-0.05, 0) is 31.9 Å². The minimum atomic E-state index is -0.521. The van der Waals surface area contributed by atoms with Crippen molar-refractivity contribution in [1.29, 1.82) is 0 Å². The van der Waals surface area contributed by atoms with Gasteiger partial charge in [0.05, 0.1) is 0 Å². The van der Waals surface area contributed by atoms with Crippen molar-refractivity contribution in [3.8, 4) is 5.75 Å². The lowest BCUT2D eigenvalue weighted by Gasteiger charge is -2.35. The van der Waals surface area contributed by atoms with Crippen LogP contribution >= 0.6 is 0 Å². The zero-order chi connectivity index (χ0) is 12.3. The molecule has 0 aromatic heterocycles. The van der Waals surface area contributed by atoms with Crippen LogP contribution in [0.1, 0.15) is 38.2 Å². The van der Waals surface area contributed by atoms with Gasteiger partial charge in [0.15, 0.2) is 11.6 Å². The average molecular weight is 237 g/mol. The summed E-state index contributed by atoms with van der Waals surface area (Å²) in [6.45, 7) is 3.89. The molecule has 1 saturated heterocycles. The molecule has 1 aliphatic heterocycles. The van der Waals surface area contributed by atoms with Crippen molar-refractivity contribution in [2.75, 3.05) is 6.54 Å². The minimum Gasteiger partial charge on any atom is -0.505 e. The van der Waals surface area contributed by atoms with Crippen LogP contribution in [0.2, 0.25) is 0 Å². The Morgan fingerprint density at radius 3 is 3.00 bits per heavy atom. The highest BCUT2D eigenvalue weighted by Gasteiger charge is 2.21. The van der Waals surface area contributed by atoms with Gasteiger partial charge in [-0.3, -0.25) is 4.90 Å². The van der Waals surface area contributed by atoms with Crippen LogP contribution in [0.4, 0.5) is 4.39 Å². The van der Waals surface area contributed by atoms with Crippen LogP contribution < -0.4 is 0 Å². The Morgan fingerprint density at radius 1 is 1.41 bits per heavy atom. The molecule has 1 heterocycles. The van der Waals surface area contributed by atoms with Crippen molar-refractivity contribution in [2.45, 2.75) is 45.2 Å². The summed E-state index contributed by atoms with van der Waals surface area (Å²) in [5.41, 5.74) is 0.699. The number of phenolic OH excluding ortho intramolecular Hbond substituents is 1. The molecule has 0 aliphatic carbocycles. The van der Waals surface area contributed by atoms with Crippen LogP contribution in [0.15, 0.2) is 18.2 Å². The molecule has 2 nitrogen and oxygen atoms in total. The van der Waals surface area contributed by atoms with E-state index in [4.69, 9.17) is 0 Å². The molecule has 1 unspecified atom stereocenters. The summed E-state index contributed by atoms with van der Waals surface area (Å²) in [6, 6.07) is 5.34. The van der Waals surface area contributed by atoms with Gasteiger partial charge in [-0.25, -0.2) is 4.39 Å². The Labute approximate surface area is 102 Å². The number of piperidine rings is 1. The molecular formula is C14H20FNO. The van der Waals surface area contributed by atoms with Gasteiger partial charge in [-0.2, -0.15) is 0 Å². The van der Waals surface area contributed by atoms with E-state index in [0.29, 0.717) is 18.2 Å². The molecule has 1 atom stereocenters. The van der Waals surface area contributed by atoms with Gasteiger partial charge in [-0.15, -0.1) is 0 Å². The second kappa shape index (κ2) is 5.50. The molecule has 1 aromatic carbocycles. The maximum Gasteiger partial charge on any atom is 0.165 e.